The first-order valence-electron chi connectivity index (χ1n) is 5.43. The number of hydrogen-bond acceptors (Lipinski definition) is 4. The first-order valence-corrected chi connectivity index (χ1v) is 5.43. The summed E-state index contributed by atoms with van der Waals surface area (Å²) in [7, 11) is 0. The van der Waals surface area contributed by atoms with Crippen LogP contribution < -0.4 is 0 Å². The number of rotatable bonds is 4. The van der Waals surface area contributed by atoms with Crippen molar-refractivity contribution in [3.8, 4) is 0 Å². The zero-order valence-electron chi connectivity index (χ0n) is 9.28. The predicted octanol–water partition coefficient (Wildman–Crippen LogP) is 0.694. The van der Waals surface area contributed by atoms with Gasteiger partial charge in [-0.25, -0.2) is 4.79 Å². The molecule has 0 aliphatic carbocycles. The van der Waals surface area contributed by atoms with E-state index in [-0.39, 0.29) is 18.4 Å². The van der Waals surface area contributed by atoms with Crippen molar-refractivity contribution in [1.29, 1.82) is 0 Å². The van der Waals surface area contributed by atoms with Gasteiger partial charge in [-0.3, -0.25) is 5.01 Å². The highest BCUT2D eigenvalue weighted by Crippen LogP contribution is 2.18. The van der Waals surface area contributed by atoms with E-state index in [1.807, 2.05) is 30.3 Å². The maximum absolute atomic E-state index is 10.8. The largest absolute Gasteiger partial charge is 0.477 e. The molecule has 0 saturated carbocycles. The second-order valence-corrected chi connectivity index (χ2v) is 3.98. The zero-order valence-corrected chi connectivity index (χ0v) is 9.28. The fourth-order valence-corrected chi connectivity index (χ4v) is 1.83. The molecule has 1 unspecified atom stereocenters. The van der Waals surface area contributed by atoms with Crippen molar-refractivity contribution in [2.45, 2.75) is 19.0 Å². The summed E-state index contributed by atoms with van der Waals surface area (Å²) >= 11 is 0. The summed E-state index contributed by atoms with van der Waals surface area (Å²) in [6.45, 7) is 0.427. The Kier molecular flexibility index (Phi) is 3.39. The summed E-state index contributed by atoms with van der Waals surface area (Å²) < 4.78 is 0. The van der Waals surface area contributed by atoms with Crippen LogP contribution in [0.15, 0.2) is 35.4 Å². The van der Waals surface area contributed by atoms with Crippen molar-refractivity contribution >= 4 is 11.7 Å². The third-order valence-corrected chi connectivity index (χ3v) is 2.74. The summed E-state index contributed by atoms with van der Waals surface area (Å²) in [4.78, 5) is 10.8. The molecule has 0 bridgehead atoms. The highest BCUT2D eigenvalue weighted by atomic mass is 16.4. The smallest absolute Gasteiger partial charge is 0.352 e. The van der Waals surface area contributed by atoms with Gasteiger partial charge in [-0.05, 0) is 5.56 Å². The molecule has 2 N–H and O–H groups in total. The van der Waals surface area contributed by atoms with Crippen LogP contribution in [0.2, 0.25) is 0 Å². The molecule has 1 atom stereocenters. The lowest BCUT2D eigenvalue weighted by molar-refractivity contribution is -0.129. The molecule has 2 rings (SSSR count). The van der Waals surface area contributed by atoms with Gasteiger partial charge in [0.25, 0.3) is 0 Å². The third-order valence-electron chi connectivity index (χ3n) is 2.74. The Morgan fingerprint density at radius 3 is 2.71 bits per heavy atom. The number of aliphatic hydroxyl groups excluding tert-OH is 1. The number of hydrazone groups is 1. The van der Waals surface area contributed by atoms with Crippen molar-refractivity contribution < 1.29 is 15.0 Å². The minimum Gasteiger partial charge on any atom is -0.477 e. The van der Waals surface area contributed by atoms with Gasteiger partial charge in [0.05, 0.1) is 19.2 Å². The molecular formula is C12H14N2O3. The SMILES string of the molecule is O=C(O)C1=NN(Cc2ccccc2)C(CO)C1. The van der Waals surface area contributed by atoms with Crippen molar-refractivity contribution in [3.05, 3.63) is 35.9 Å². The van der Waals surface area contributed by atoms with Gasteiger partial charge in [-0.2, -0.15) is 5.10 Å². The number of benzene rings is 1. The van der Waals surface area contributed by atoms with E-state index >= 15 is 0 Å². The van der Waals surface area contributed by atoms with Gasteiger partial charge in [-0.15, -0.1) is 0 Å². The normalized spacial score (nSPS) is 19.2. The fourth-order valence-electron chi connectivity index (χ4n) is 1.83. The van der Waals surface area contributed by atoms with E-state index in [1.165, 1.54) is 0 Å². The molecule has 90 valence electrons. The quantitative estimate of drug-likeness (QED) is 0.804. The second kappa shape index (κ2) is 4.97. The highest BCUT2D eigenvalue weighted by molar-refractivity contribution is 6.36. The van der Waals surface area contributed by atoms with Crippen LogP contribution in [-0.4, -0.2) is 39.6 Å². The van der Waals surface area contributed by atoms with Gasteiger partial charge in [-0.1, -0.05) is 30.3 Å². The lowest BCUT2D eigenvalue weighted by atomic mass is 10.1. The molecule has 0 radical (unpaired) electrons. The molecule has 17 heavy (non-hydrogen) atoms. The van der Waals surface area contributed by atoms with Crippen LogP contribution in [0.3, 0.4) is 0 Å². The lowest BCUT2D eigenvalue weighted by Crippen LogP contribution is -2.29. The van der Waals surface area contributed by atoms with E-state index in [2.05, 4.69) is 5.10 Å². The monoisotopic (exact) mass is 234 g/mol. The number of carboxylic acid groups (broad SMARTS) is 1. The van der Waals surface area contributed by atoms with Crippen molar-refractivity contribution in [1.82, 2.24) is 5.01 Å². The molecular weight excluding hydrogens is 220 g/mol. The van der Waals surface area contributed by atoms with E-state index in [1.54, 1.807) is 5.01 Å². The molecule has 1 aromatic carbocycles. The molecule has 1 aromatic rings. The van der Waals surface area contributed by atoms with E-state index < -0.39 is 5.97 Å². The van der Waals surface area contributed by atoms with Gasteiger partial charge < -0.3 is 10.2 Å². The minimum absolute atomic E-state index is 0.0902. The maximum Gasteiger partial charge on any atom is 0.352 e. The molecule has 1 aliphatic heterocycles. The molecule has 5 heteroatoms. The molecule has 0 saturated heterocycles. The van der Waals surface area contributed by atoms with Crippen LogP contribution in [-0.2, 0) is 11.3 Å². The molecule has 1 heterocycles. The van der Waals surface area contributed by atoms with E-state index in [0.29, 0.717) is 13.0 Å². The number of carboxylic acids is 1. The van der Waals surface area contributed by atoms with Gasteiger partial charge in [0.2, 0.25) is 0 Å². The van der Waals surface area contributed by atoms with Gasteiger partial charge in [0, 0.05) is 6.42 Å². The highest BCUT2D eigenvalue weighted by Gasteiger charge is 2.29. The van der Waals surface area contributed by atoms with Crippen LogP contribution in [0.1, 0.15) is 12.0 Å². The predicted molar refractivity (Wildman–Crippen MR) is 62.5 cm³/mol. The third kappa shape index (κ3) is 2.62. The van der Waals surface area contributed by atoms with Crippen LogP contribution in [0.4, 0.5) is 0 Å². The van der Waals surface area contributed by atoms with E-state index in [4.69, 9.17) is 5.11 Å². The lowest BCUT2D eigenvalue weighted by Gasteiger charge is -2.21. The first kappa shape index (κ1) is 11.6. The van der Waals surface area contributed by atoms with E-state index in [0.717, 1.165) is 5.56 Å². The second-order valence-electron chi connectivity index (χ2n) is 3.98. The summed E-state index contributed by atoms with van der Waals surface area (Å²) in [6, 6.07) is 9.41. The first-order chi connectivity index (χ1) is 8.20. The topological polar surface area (TPSA) is 73.1 Å². The molecule has 5 nitrogen and oxygen atoms in total. The van der Waals surface area contributed by atoms with Crippen LogP contribution in [0.25, 0.3) is 0 Å². The van der Waals surface area contributed by atoms with Crippen molar-refractivity contribution in [3.63, 3.8) is 0 Å². The van der Waals surface area contributed by atoms with Crippen molar-refractivity contribution in [2.75, 3.05) is 6.61 Å². The Hall–Kier alpha value is -1.88. The maximum atomic E-state index is 10.8. The molecule has 0 fully saturated rings. The average molecular weight is 234 g/mol. The van der Waals surface area contributed by atoms with Gasteiger partial charge in [0.1, 0.15) is 5.71 Å². The van der Waals surface area contributed by atoms with Gasteiger partial charge >= 0.3 is 5.97 Å². The van der Waals surface area contributed by atoms with E-state index in [9.17, 15) is 9.90 Å². The summed E-state index contributed by atoms with van der Waals surface area (Å²) in [5.74, 6) is -1.01. The number of carbonyl (C=O) groups is 1. The zero-order chi connectivity index (χ0) is 12.3. The fraction of sp³-hybridized carbons (Fsp3) is 0.333. The number of aliphatic carboxylic acids is 1. The standard InChI is InChI=1S/C12H14N2O3/c15-8-10-6-11(12(16)17)13-14(10)7-9-4-2-1-3-5-9/h1-5,10,15H,6-8H2,(H,16,17). The number of nitrogens with zero attached hydrogens (tertiary/aromatic N) is 2. The van der Waals surface area contributed by atoms with Crippen molar-refractivity contribution in [2.24, 2.45) is 5.10 Å². The number of hydrogen-bond donors (Lipinski definition) is 2. The average Bonchev–Trinajstić information content (AvgIpc) is 2.74. The molecule has 0 aromatic heterocycles. The molecule has 0 spiro atoms. The Bertz CT molecular complexity index is 431. The summed E-state index contributed by atoms with van der Waals surface area (Å²) in [5, 5.41) is 23.7. The molecule has 1 aliphatic rings. The van der Waals surface area contributed by atoms with Crippen LogP contribution >= 0.6 is 0 Å². The Labute approximate surface area is 99.0 Å². The molecule has 0 amide bonds. The Morgan fingerprint density at radius 1 is 1.41 bits per heavy atom. The van der Waals surface area contributed by atoms with Crippen LogP contribution in [0.5, 0.6) is 0 Å². The minimum atomic E-state index is -1.01. The number of aliphatic hydroxyl groups is 1. The van der Waals surface area contributed by atoms with Gasteiger partial charge in [0.15, 0.2) is 0 Å². The van der Waals surface area contributed by atoms with Crippen LogP contribution in [0, 0.1) is 0 Å². The summed E-state index contributed by atoms with van der Waals surface area (Å²) in [5.41, 5.74) is 1.15. The Balaban J connectivity index is 2.11. The Morgan fingerprint density at radius 2 is 2.12 bits per heavy atom. The summed E-state index contributed by atoms with van der Waals surface area (Å²) in [6.07, 6.45) is 0.290.